The standard InChI is InChI=1S/C14H31N3O2S/c1-14(2,3)8-7-13(16-15)10-12-6-5-9-17(11-12)20(4,18)19/h12-13,16H,5-11,15H2,1-4H3. The van der Waals surface area contributed by atoms with E-state index in [-0.39, 0.29) is 6.04 Å². The van der Waals surface area contributed by atoms with Crippen LogP contribution in [-0.2, 0) is 10.0 Å². The molecule has 5 nitrogen and oxygen atoms in total. The molecule has 120 valence electrons. The molecule has 2 unspecified atom stereocenters. The highest BCUT2D eigenvalue weighted by molar-refractivity contribution is 7.88. The number of sulfonamides is 1. The van der Waals surface area contributed by atoms with Gasteiger partial charge >= 0.3 is 0 Å². The van der Waals surface area contributed by atoms with Gasteiger partial charge in [0.05, 0.1) is 6.26 Å². The first-order valence-corrected chi connectivity index (χ1v) is 9.38. The van der Waals surface area contributed by atoms with Gasteiger partial charge in [-0.15, -0.1) is 0 Å². The molecule has 1 fully saturated rings. The first-order chi connectivity index (χ1) is 9.12. The van der Waals surface area contributed by atoms with E-state index in [2.05, 4.69) is 26.2 Å². The molecule has 6 heteroatoms. The number of nitrogens with zero attached hydrogens (tertiary/aromatic N) is 1. The molecule has 2 atom stereocenters. The van der Waals surface area contributed by atoms with E-state index in [0.29, 0.717) is 24.4 Å². The summed E-state index contributed by atoms with van der Waals surface area (Å²) in [7, 11) is -3.06. The third kappa shape index (κ3) is 6.52. The van der Waals surface area contributed by atoms with Crippen LogP contribution in [0.4, 0.5) is 0 Å². The van der Waals surface area contributed by atoms with Crippen molar-refractivity contribution in [1.82, 2.24) is 9.73 Å². The highest BCUT2D eigenvalue weighted by atomic mass is 32.2. The van der Waals surface area contributed by atoms with Crippen LogP contribution in [-0.4, -0.2) is 38.1 Å². The maximum absolute atomic E-state index is 11.6. The number of hydrazine groups is 1. The van der Waals surface area contributed by atoms with Gasteiger partial charge in [-0.2, -0.15) is 0 Å². The van der Waals surface area contributed by atoms with Gasteiger partial charge in [0.1, 0.15) is 0 Å². The summed E-state index contributed by atoms with van der Waals surface area (Å²) >= 11 is 0. The van der Waals surface area contributed by atoms with Crippen LogP contribution in [0.5, 0.6) is 0 Å². The number of piperidine rings is 1. The Labute approximate surface area is 124 Å². The highest BCUT2D eigenvalue weighted by Gasteiger charge is 2.27. The fraction of sp³-hybridized carbons (Fsp3) is 1.00. The summed E-state index contributed by atoms with van der Waals surface area (Å²) in [5.41, 5.74) is 3.21. The third-order valence-electron chi connectivity index (χ3n) is 4.05. The molecule has 1 saturated heterocycles. The normalized spacial score (nSPS) is 23.8. The van der Waals surface area contributed by atoms with Gasteiger partial charge in [-0.3, -0.25) is 11.3 Å². The molecule has 1 heterocycles. The molecule has 1 aliphatic rings. The largest absolute Gasteiger partial charge is 0.271 e. The van der Waals surface area contributed by atoms with Crippen LogP contribution in [0.15, 0.2) is 0 Å². The summed E-state index contributed by atoms with van der Waals surface area (Å²) in [4.78, 5) is 0. The second-order valence-electron chi connectivity index (χ2n) is 7.33. The van der Waals surface area contributed by atoms with E-state index in [4.69, 9.17) is 5.84 Å². The number of rotatable bonds is 6. The molecule has 20 heavy (non-hydrogen) atoms. The quantitative estimate of drug-likeness (QED) is 0.578. The highest BCUT2D eigenvalue weighted by Crippen LogP contribution is 2.26. The summed E-state index contributed by atoms with van der Waals surface area (Å²) in [6, 6.07) is 0.277. The van der Waals surface area contributed by atoms with Crippen molar-refractivity contribution in [3.8, 4) is 0 Å². The Hall–Kier alpha value is -0.170. The monoisotopic (exact) mass is 305 g/mol. The molecule has 0 amide bonds. The molecule has 0 bridgehead atoms. The fourth-order valence-electron chi connectivity index (χ4n) is 2.80. The average Bonchev–Trinajstić information content (AvgIpc) is 2.32. The summed E-state index contributed by atoms with van der Waals surface area (Å²) < 4.78 is 24.9. The Morgan fingerprint density at radius 3 is 2.55 bits per heavy atom. The van der Waals surface area contributed by atoms with Crippen molar-refractivity contribution in [1.29, 1.82) is 0 Å². The van der Waals surface area contributed by atoms with Crippen LogP contribution in [0.2, 0.25) is 0 Å². The molecule has 0 spiro atoms. The smallest absolute Gasteiger partial charge is 0.211 e. The van der Waals surface area contributed by atoms with Gasteiger partial charge in [0.2, 0.25) is 10.0 Å². The molecular formula is C14H31N3O2S. The maximum Gasteiger partial charge on any atom is 0.211 e. The molecule has 3 N–H and O–H groups in total. The van der Waals surface area contributed by atoms with Crippen molar-refractivity contribution in [2.24, 2.45) is 17.2 Å². The van der Waals surface area contributed by atoms with Gasteiger partial charge in [0, 0.05) is 19.1 Å². The van der Waals surface area contributed by atoms with Gasteiger partial charge in [-0.25, -0.2) is 12.7 Å². The lowest BCUT2D eigenvalue weighted by molar-refractivity contribution is 0.225. The lowest BCUT2D eigenvalue weighted by Crippen LogP contribution is -2.43. The molecule has 0 aliphatic carbocycles. The summed E-state index contributed by atoms with van der Waals surface area (Å²) in [6.45, 7) is 8.00. The van der Waals surface area contributed by atoms with E-state index < -0.39 is 10.0 Å². The van der Waals surface area contributed by atoms with Gasteiger partial charge < -0.3 is 0 Å². The second kappa shape index (κ2) is 7.20. The zero-order valence-corrected chi connectivity index (χ0v) is 14.2. The van der Waals surface area contributed by atoms with Crippen molar-refractivity contribution < 1.29 is 8.42 Å². The lowest BCUT2D eigenvalue weighted by atomic mass is 9.85. The Balaban J connectivity index is 2.49. The molecular weight excluding hydrogens is 274 g/mol. The maximum atomic E-state index is 11.6. The number of hydrogen-bond acceptors (Lipinski definition) is 4. The van der Waals surface area contributed by atoms with E-state index in [1.807, 2.05) is 0 Å². The first-order valence-electron chi connectivity index (χ1n) is 7.53. The van der Waals surface area contributed by atoms with E-state index in [1.54, 1.807) is 4.31 Å². The number of nitrogens with one attached hydrogen (secondary N) is 1. The Bertz CT molecular complexity index is 390. The zero-order chi connectivity index (χ0) is 15.4. The molecule has 0 aromatic carbocycles. The number of nitrogens with two attached hydrogens (primary N) is 1. The molecule has 0 aromatic rings. The number of hydrogen-bond donors (Lipinski definition) is 2. The Morgan fingerprint density at radius 2 is 2.05 bits per heavy atom. The molecule has 0 saturated carbocycles. The first kappa shape index (κ1) is 17.9. The van der Waals surface area contributed by atoms with Gasteiger partial charge in [0.15, 0.2) is 0 Å². The zero-order valence-electron chi connectivity index (χ0n) is 13.4. The molecule has 1 rings (SSSR count). The Morgan fingerprint density at radius 1 is 1.40 bits per heavy atom. The van der Waals surface area contributed by atoms with Gasteiger partial charge in [-0.05, 0) is 43.4 Å². The van der Waals surface area contributed by atoms with Crippen molar-refractivity contribution >= 4 is 10.0 Å². The van der Waals surface area contributed by atoms with Crippen molar-refractivity contribution in [3.05, 3.63) is 0 Å². The summed E-state index contributed by atoms with van der Waals surface area (Å²) in [5, 5.41) is 0. The minimum absolute atomic E-state index is 0.277. The van der Waals surface area contributed by atoms with E-state index in [1.165, 1.54) is 6.26 Å². The SMILES string of the molecule is CC(C)(C)CCC(CC1CCCN(S(C)(=O)=O)C1)NN. The summed E-state index contributed by atoms with van der Waals surface area (Å²) in [5.74, 6) is 6.07. The van der Waals surface area contributed by atoms with Crippen LogP contribution < -0.4 is 11.3 Å². The van der Waals surface area contributed by atoms with E-state index >= 15 is 0 Å². The Kier molecular flexibility index (Phi) is 6.44. The van der Waals surface area contributed by atoms with Gasteiger partial charge in [-0.1, -0.05) is 20.8 Å². The molecule has 1 aliphatic heterocycles. The summed E-state index contributed by atoms with van der Waals surface area (Å²) in [6.07, 6.45) is 6.46. The fourth-order valence-corrected chi connectivity index (χ4v) is 3.74. The van der Waals surface area contributed by atoms with Crippen LogP contribution in [0.25, 0.3) is 0 Å². The van der Waals surface area contributed by atoms with Gasteiger partial charge in [0.25, 0.3) is 0 Å². The molecule has 0 aromatic heterocycles. The van der Waals surface area contributed by atoms with Crippen LogP contribution in [0.1, 0.15) is 52.9 Å². The second-order valence-corrected chi connectivity index (χ2v) is 9.31. The minimum atomic E-state index is -3.06. The molecule has 0 radical (unpaired) electrons. The van der Waals surface area contributed by atoms with Crippen LogP contribution >= 0.6 is 0 Å². The topological polar surface area (TPSA) is 75.4 Å². The van der Waals surface area contributed by atoms with E-state index in [0.717, 1.165) is 32.1 Å². The van der Waals surface area contributed by atoms with Crippen LogP contribution in [0.3, 0.4) is 0 Å². The predicted octanol–water partition coefficient (Wildman–Crippen LogP) is 1.71. The van der Waals surface area contributed by atoms with Crippen molar-refractivity contribution in [2.75, 3.05) is 19.3 Å². The third-order valence-corrected chi connectivity index (χ3v) is 5.32. The predicted molar refractivity (Wildman–Crippen MR) is 83.6 cm³/mol. The van der Waals surface area contributed by atoms with Crippen molar-refractivity contribution in [2.45, 2.75) is 58.9 Å². The van der Waals surface area contributed by atoms with E-state index in [9.17, 15) is 8.42 Å². The lowest BCUT2D eigenvalue weighted by Gasteiger charge is -2.33. The minimum Gasteiger partial charge on any atom is -0.271 e. The van der Waals surface area contributed by atoms with Crippen molar-refractivity contribution in [3.63, 3.8) is 0 Å². The average molecular weight is 305 g/mol. The van der Waals surface area contributed by atoms with Crippen LogP contribution in [0, 0.1) is 11.3 Å².